The second-order valence-corrected chi connectivity index (χ2v) is 6.74. The molecule has 1 aromatic carbocycles. The van der Waals surface area contributed by atoms with Crippen LogP contribution < -0.4 is 11.1 Å². The second-order valence-electron chi connectivity index (χ2n) is 4.94. The zero-order chi connectivity index (χ0) is 14.5. The Balaban J connectivity index is 1.87. The molecular weight excluding hydrogens is 276 g/mol. The minimum atomic E-state index is -1.22. The van der Waals surface area contributed by atoms with Crippen LogP contribution in [0.2, 0.25) is 0 Å². The lowest BCUT2D eigenvalue weighted by atomic mass is 10.3. The first-order valence-corrected chi connectivity index (χ1v) is 8.09. The lowest BCUT2D eigenvalue weighted by Crippen LogP contribution is -2.33. The van der Waals surface area contributed by atoms with E-state index in [0.29, 0.717) is 17.1 Å². The molecule has 3 unspecified atom stereocenters. The fraction of sp³-hybridized carbons (Fsp3) is 0.500. The normalized spacial score (nSPS) is 21.4. The molecule has 1 saturated heterocycles. The van der Waals surface area contributed by atoms with E-state index in [1.807, 2.05) is 0 Å². The summed E-state index contributed by atoms with van der Waals surface area (Å²) in [6.07, 6.45) is 1.97. The van der Waals surface area contributed by atoms with Crippen LogP contribution in [0.4, 0.5) is 11.4 Å². The number of anilines is 2. The van der Waals surface area contributed by atoms with Gasteiger partial charge in [0.05, 0.1) is 11.9 Å². The van der Waals surface area contributed by atoms with Gasteiger partial charge < -0.3 is 15.8 Å². The highest BCUT2D eigenvalue weighted by atomic mass is 32.2. The molecule has 3 atom stereocenters. The zero-order valence-electron chi connectivity index (χ0n) is 11.5. The number of carbonyl (C=O) groups excluding carboxylic acids is 1. The fourth-order valence-corrected chi connectivity index (χ4v) is 3.25. The molecule has 0 spiro atoms. The number of benzene rings is 1. The molecule has 1 aromatic rings. The summed E-state index contributed by atoms with van der Waals surface area (Å²) in [5.74, 6) is 0.183. The number of amides is 1. The van der Waals surface area contributed by atoms with Crippen LogP contribution in [0.15, 0.2) is 24.3 Å². The molecule has 0 bridgehead atoms. The van der Waals surface area contributed by atoms with Crippen LogP contribution in [0.3, 0.4) is 0 Å². The Morgan fingerprint density at radius 1 is 1.50 bits per heavy atom. The summed E-state index contributed by atoms with van der Waals surface area (Å²) in [5, 5.41) is 2.19. The summed E-state index contributed by atoms with van der Waals surface area (Å²) >= 11 is 0. The fourth-order valence-electron chi connectivity index (χ4n) is 2.03. The van der Waals surface area contributed by atoms with E-state index in [4.69, 9.17) is 10.5 Å². The smallest absolute Gasteiger partial charge is 0.239 e. The van der Waals surface area contributed by atoms with Gasteiger partial charge in [-0.3, -0.25) is 9.00 Å². The number of nitrogens with two attached hydrogens (primary N) is 1. The molecule has 110 valence electrons. The molecular formula is C14H20N2O3S. The van der Waals surface area contributed by atoms with E-state index in [2.05, 4.69) is 5.32 Å². The molecule has 1 amide bonds. The highest BCUT2D eigenvalue weighted by Gasteiger charge is 2.25. The van der Waals surface area contributed by atoms with Gasteiger partial charge in [0.2, 0.25) is 5.91 Å². The lowest BCUT2D eigenvalue weighted by Gasteiger charge is -2.15. The Labute approximate surface area is 121 Å². The number of rotatable bonds is 5. The average molecular weight is 296 g/mol. The SMILES string of the molecule is CC(C(=O)Nc1ccc(N)cc1)S(=O)CC1CCCO1. The number of hydrogen-bond donors (Lipinski definition) is 2. The highest BCUT2D eigenvalue weighted by molar-refractivity contribution is 7.86. The Kier molecular flexibility index (Phi) is 5.14. The summed E-state index contributed by atoms with van der Waals surface area (Å²) in [6, 6.07) is 6.87. The number of ether oxygens (including phenoxy) is 1. The van der Waals surface area contributed by atoms with Crippen molar-refractivity contribution in [1.29, 1.82) is 0 Å². The third-order valence-electron chi connectivity index (χ3n) is 3.32. The predicted octanol–water partition coefficient (Wildman–Crippen LogP) is 1.52. The largest absolute Gasteiger partial charge is 0.399 e. The summed E-state index contributed by atoms with van der Waals surface area (Å²) in [6.45, 7) is 2.41. The number of hydrogen-bond acceptors (Lipinski definition) is 4. The van der Waals surface area contributed by atoms with Gasteiger partial charge in [-0.2, -0.15) is 0 Å². The van der Waals surface area contributed by atoms with Gasteiger partial charge in [0, 0.05) is 28.8 Å². The van der Waals surface area contributed by atoms with E-state index in [1.54, 1.807) is 31.2 Å². The maximum atomic E-state index is 12.1. The van der Waals surface area contributed by atoms with Crippen LogP contribution in [0.1, 0.15) is 19.8 Å². The van der Waals surface area contributed by atoms with Crippen LogP contribution in [0.25, 0.3) is 0 Å². The van der Waals surface area contributed by atoms with Crippen molar-refractivity contribution in [2.24, 2.45) is 0 Å². The highest BCUT2D eigenvalue weighted by Crippen LogP contribution is 2.16. The Morgan fingerprint density at radius 2 is 2.20 bits per heavy atom. The van der Waals surface area contributed by atoms with Crippen LogP contribution in [-0.4, -0.2) is 33.8 Å². The molecule has 1 aliphatic rings. The van der Waals surface area contributed by atoms with Crippen molar-refractivity contribution in [1.82, 2.24) is 0 Å². The van der Waals surface area contributed by atoms with Crippen LogP contribution >= 0.6 is 0 Å². The molecule has 2 rings (SSSR count). The first-order valence-electron chi connectivity index (χ1n) is 6.71. The van der Waals surface area contributed by atoms with E-state index in [9.17, 15) is 9.00 Å². The van der Waals surface area contributed by atoms with Gasteiger partial charge >= 0.3 is 0 Å². The van der Waals surface area contributed by atoms with Crippen molar-refractivity contribution in [2.45, 2.75) is 31.1 Å². The first kappa shape index (κ1) is 15.0. The number of carbonyl (C=O) groups is 1. The van der Waals surface area contributed by atoms with E-state index >= 15 is 0 Å². The maximum absolute atomic E-state index is 12.1. The molecule has 1 aliphatic heterocycles. The van der Waals surface area contributed by atoms with Gasteiger partial charge in [0.1, 0.15) is 5.25 Å². The molecule has 1 fully saturated rings. The van der Waals surface area contributed by atoms with Crippen molar-refractivity contribution in [2.75, 3.05) is 23.4 Å². The molecule has 6 heteroatoms. The quantitative estimate of drug-likeness (QED) is 0.807. The summed E-state index contributed by atoms with van der Waals surface area (Å²) < 4.78 is 17.6. The number of nitrogen functional groups attached to an aromatic ring is 1. The Morgan fingerprint density at radius 3 is 2.80 bits per heavy atom. The summed E-state index contributed by atoms with van der Waals surface area (Å²) in [5.41, 5.74) is 6.88. The van der Waals surface area contributed by atoms with Gasteiger partial charge in [-0.25, -0.2) is 0 Å². The first-order chi connectivity index (χ1) is 9.56. The monoisotopic (exact) mass is 296 g/mol. The standard InChI is InChI=1S/C14H20N2O3S/c1-10(20(18)9-13-3-2-8-19-13)14(17)16-12-6-4-11(15)5-7-12/h4-7,10,13H,2-3,8-9,15H2,1H3,(H,16,17). The summed E-state index contributed by atoms with van der Waals surface area (Å²) in [7, 11) is -1.22. The van der Waals surface area contributed by atoms with Crippen LogP contribution in [0.5, 0.6) is 0 Å². The minimum absolute atomic E-state index is 0.0302. The molecule has 5 nitrogen and oxygen atoms in total. The van der Waals surface area contributed by atoms with E-state index < -0.39 is 16.0 Å². The maximum Gasteiger partial charge on any atom is 0.239 e. The van der Waals surface area contributed by atoms with Gasteiger partial charge in [-0.15, -0.1) is 0 Å². The topological polar surface area (TPSA) is 81.4 Å². The minimum Gasteiger partial charge on any atom is -0.399 e. The Hall–Kier alpha value is -1.40. The number of nitrogens with one attached hydrogen (secondary N) is 1. The molecule has 0 aromatic heterocycles. The van der Waals surface area contributed by atoms with Crippen molar-refractivity contribution in [3.8, 4) is 0 Å². The molecule has 3 N–H and O–H groups in total. The van der Waals surface area contributed by atoms with Crippen LogP contribution in [-0.2, 0) is 20.3 Å². The second kappa shape index (κ2) is 6.85. The average Bonchev–Trinajstić information content (AvgIpc) is 2.93. The summed E-state index contributed by atoms with van der Waals surface area (Å²) in [4.78, 5) is 12.0. The third-order valence-corrected chi connectivity index (χ3v) is 5.02. The van der Waals surface area contributed by atoms with Crippen LogP contribution in [0, 0.1) is 0 Å². The van der Waals surface area contributed by atoms with Gasteiger partial charge in [0.15, 0.2) is 0 Å². The molecule has 0 radical (unpaired) electrons. The predicted molar refractivity (Wildman–Crippen MR) is 80.9 cm³/mol. The molecule has 0 saturated carbocycles. The molecule has 0 aliphatic carbocycles. The van der Waals surface area contributed by atoms with E-state index in [-0.39, 0.29) is 12.0 Å². The lowest BCUT2D eigenvalue weighted by molar-refractivity contribution is -0.115. The third kappa shape index (κ3) is 4.05. The van der Waals surface area contributed by atoms with Crippen molar-refractivity contribution < 1.29 is 13.7 Å². The van der Waals surface area contributed by atoms with E-state index in [1.165, 1.54) is 0 Å². The van der Waals surface area contributed by atoms with Crippen molar-refractivity contribution >= 4 is 28.1 Å². The van der Waals surface area contributed by atoms with Gasteiger partial charge in [-0.05, 0) is 44.0 Å². The van der Waals surface area contributed by atoms with Crippen molar-refractivity contribution in [3.05, 3.63) is 24.3 Å². The Bertz CT molecular complexity index is 484. The van der Waals surface area contributed by atoms with Gasteiger partial charge in [0.25, 0.3) is 0 Å². The van der Waals surface area contributed by atoms with E-state index in [0.717, 1.165) is 19.4 Å². The molecule has 1 heterocycles. The van der Waals surface area contributed by atoms with Gasteiger partial charge in [-0.1, -0.05) is 0 Å². The zero-order valence-corrected chi connectivity index (χ0v) is 12.3. The molecule has 20 heavy (non-hydrogen) atoms. The van der Waals surface area contributed by atoms with Crippen molar-refractivity contribution in [3.63, 3.8) is 0 Å².